The Labute approximate surface area is 121 Å². The van der Waals surface area contributed by atoms with Crippen molar-refractivity contribution in [2.24, 2.45) is 0 Å². The molecule has 110 valence electrons. The minimum Gasteiger partial charge on any atom is -0.397 e. The first-order valence-corrected chi connectivity index (χ1v) is 7.42. The SMILES string of the molecule is Cc1c([N+](=O)[O-])cccc1S(=O)(=O)Nc1ccccc1N. The van der Waals surface area contributed by atoms with E-state index in [1.165, 1.54) is 31.2 Å². The maximum atomic E-state index is 12.4. The van der Waals surface area contributed by atoms with Crippen LogP contribution in [0.1, 0.15) is 5.56 Å². The third kappa shape index (κ3) is 2.95. The summed E-state index contributed by atoms with van der Waals surface area (Å²) in [7, 11) is -3.96. The van der Waals surface area contributed by atoms with E-state index in [4.69, 9.17) is 5.73 Å². The number of nitro benzene ring substituents is 1. The third-order valence-corrected chi connectivity index (χ3v) is 4.46. The van der Waals surface area contributed by atoms with Gasteiger partial charge in [0.1, 0.15) is 0 Å². The maximum absolute atomic E-state index is 12.4. The molecule has 0 radical (unpaired) electrons. The Balaban J connectivity index is 2.48. The van der Waals surface area contributed by atoms with Crippen molar-refractivity contribution in [2.75, 3.05) is 10.5 Å². The summed E-state index contributed by atoms with van der Waals surface area (Å²) in [5, 5.41) is 10.9. The molecule has 8 heteroatoms. The second kappa shape index (κ2) is 5.41. The Morgan fingerprint density at radius 2 is 1.81 bits per heavy atom. The van der Waals surface area contributed by atoms with E-state index in [1.54, 1.807) is 18.2 Å². The molecule has 0 bridgehead atoms. The number of hydrogen-bond acceptors (Lipinski definition) is 5. The van der Waals surface area contributed by atoms with E-state index in [9.17, 15) is 18.5 Å². The molecule has 21 heavy (non-hydrogen) atoms. The first kappa shape index (κ1) is 14.8. The molecule has 0 atom stereocenters. The molecule has 7 nitrogen and oxygen atoms in total. The van der Waals surface area contributed by atoms with Crippen molar-refractivity contribution in [1.29, 1.82) is 0 Å². The molecular weight excluding hydrogens is 294 g/mol. The fraction of sp³-hybridized carbons (Fsp3) is 0.0769. The number of nitrogens with one attached hydrogen (secondary N) is 1. The van der Waals surface area contributed by atoms with Gasteiger partial charge in [-0.05, 0) is 25.1 Å². The number of nitrogen functional groups attached to an aromatic ring is 1. The monoisotopic (exact) mass is 307 g/mol. The van der Waals surface area contributed by atoms with Crippen LogP contribution in [0.4, 0.5) is 17.1 Å². The average Bonchev–Trinajstić information content (AvgIpc) is 2.41. The van der Waals surface area contributed by atoms with Gasteiger partial charge in [0, 0.05) is 11.6 Å². The van der Waals surface area contributed by atoms with Crippen LogP contribution < -0.4 is 10.5 Å². The van der Waals surface area contributed by atoms with Crippen LogP contribution in [-0.4, -0.2) is 13.3 Å². The molecule has 2 rings (SSSR count). The molecule has 2 aromatic carbocycles. The Bertz CT molecular complexity index is 803. The lowest BCUT2D eigenvalue weighted by Gasteiger charge is -2.11. The molecule has 0 aliphatic rings. The van der Waals surface area contributed by atoms with Crippen LogP contribution in [-0.2, 0) is 10.0 Å². The molecule has 0 saturated carbocycles. The van der Waals surface area contributed by atoms with Crippen LogP contribution in [0.25, 0.3) is 0 Å². The van der Waals surface area contributed by atoms with Gasteiger partial charge >= 0.3 is 0 Å². The molecule has 2 aromatic rings. The predicted molar refractivity (Wildman–Crippen MR) is 79.5 cm³/mol. The van der Waals surface area contributed by atoms with Crippen molar-refractivity contribution in [3.8, 4) is 0 Å². The molecule has 0 aliphatic carbocycles. The van der Waals surface area contributed by atoms with Gasteiger partial charge in [0.05, 0.1) is 21.2 Å². The van der Waals surface area contributed by atoms with E-state index in [2.05, 4.69) is 4.72 Å². The van der Waals surface area contributed by atoms with Crippen LogP contribution in [0.15, 0.2) is 47.4 Å². The summed E-state index contributed by atoms with van der Waals surface area (Å²) in [5.74, 6) is 0. The second-order valence-electron chi connectivity index (χ2n) is 4.35. The van der Waals surface area contributed by atoms with Gasteiger partial charge in [-0.15, -0.1) is 0 Å². The van der Waals surface area contributed by atoms with Crippen molar-refractivity contribution in [1.82, 2.24) is 0 Å². The highest BCUT2D eigenvalue weighted by Gasteiger charge is 2.23. The number of para-hydroxylation sites is 2. The summed E-state index contributed by atoms with van der Waals surface area (Å²) < 4.78 is 27.1. The highest BCUT2D eigenvalue weighted by Crippen LogP contribution is 2.27. The van der Waals surface area contributed by atoms with E-state index in [1.807, 2.05) is 0 Å². The zero-order chi connectivity index (χ0) is 15.6. The zero-order valence-electron chi connectivity index (χ0n) is 11.1. The molecule has 0 unspecified atom stereocenters. The van der Waals surface area contributed by atoms with E-state index >= 15 is 0 Å². The minimum absolute atomic E-state index is 0.0736. The summed E-state index contributed by atoms with van der Waals surface area (Å²) in [6, 6.07) is 10.3. The molecule has 0 fully saturated rings. The number of nitrogens with two attached hydrogens (primary N) is 1. The Hall–Kier alpha value is -2.61. The predicted octanol–water partition coefficient (Wildman–Crippen LogP) is 2.29. The van der Waals surface area contributed by atoms with Crippen LogP contribution >= 0.6 is 0 Å². The van der Waals surface area contributed by atoms with Gasteiger partial charge in [0.25, 0.3) is 15.7 Å². The van der Waals surface area contributed by atoms with Gasteiger partial charge in [-0.3, -0.25) is 14.8 Å². The van der Waals surface area contributed by atoms with Crippen LogP contribution in [0.5, 0.6) is 0 Å². The van der Waals surface area contributed by atoms with Crippen molar-refractivity contribution < 1.29 is 13.3 Å². The van der Waals surface area contributed by atoms with Gasteiger partial charge in [-0.1, -0.05) is 18.2 Å². The summed E-state index contributed by atoms with van der Waals surface area (Å²) in [4.78, 5) is 10.1. The summed E-state index contributed by atoms with van der Waals surface area (Å²) >= 11 is 0. The summed E-state index contributed by atoms with van der Waals surface area (Å²) in [5.41, 5.74) is 6.00. The lowest BCUT2D eigenvalue weighted by molar-refractivity contribution is -0.385. The number of benzene rings is 2. The molecule has 0 heterocycles. The van der Waals surface area contributed by atoms with Crippen molar-refractivity contribution >= 4 is 27.1 Å². The standard InChI is InChI=1S/C13H13N3O4S/c1-9-12(16(17)18)7-4-8-13(9)21(19,20)15-11-6-3-2-5-10(11)14/h2-8,15H,14H2,1H3. The third-order valence-electron chi connectivity index (χ3n) is 2.95. The number of rotatable bonds is 4. The Morgan fingerprint density at radius 1 is 1.14 bits per heavy atom. The molecule has 3 N–H and O–H groups in total. The molecular formula is C13H13N3O4S. The normalized spacial score (nSPS) is 11.1. The second-order valence-corrected chi connectivity index (χ2v) is 6.00. The largest absolute Gasteiger partial charge is 0.397 e. The van der Waals surface area contributed by atoms with Crippen LogP contribution in [0, 0.1) is 17.0 Å². The van der Waals surface area contributed by atoms with Gasteiger partial charge in [-0.25, -0.2) is 8.42 Å². The van der Waals surface area contributed by atoms with Gasteiger partial charge in [0.2, 0.25) is 0 Å². The van der Waals surface area contributed by atoms with E-state index in [-0.39, 0.29) is 27.5 Å². The smallest absolute Gasteiger partial charge is 0.273 e. The van der Waals surface area contributed by atoms with E-state index in [0.717, 1.165) is 0 Å². The highest BCUT2D eigenvalue weighted by atomic mass is 32.2. The molecule has 0 aliphatic heterocycles. The quantitative estimate of drug-likeness (QED) is 0.511. The number of hydrogen-bond donors (Lipinski definition) is 2. The molecule has 0 aromatic heterocycles. The van der Waals surface area contributed by atoms with E-state index in [0.29, 0.717) is 0 Å². The van der Waals surface area contributed by atoms with Crippen molar-refractivity contribution in [3.05, 3.63) is 58.1 Å². The molecule has 0 saturated heterocycles. The first-order valence-electron chi connectivity index (χ1n) is 5.94. The summed E-state index contributed by atoms with van der Waals surface area (Å²) in [6.07, 6.45) is 0. The number of nitro groups is 1. The average molecular weight is 307 g/mol. The van der Waals surface area contributed by atoms with Gasteiger partial charge < -0.3 is 5.73 Å². The van der Waals surface area contributed by atoms with E-state index < -0.39 is 14.9 Å². The van der Waals surface area contributed by atoms with Gasteiger partial charge in [-0.2, -0.15) is 0 Å². The maximum Gasteiger partial charge on any atom is 0.273 e. The zero-order valence-corrected chi connectivity index (χ0v) is 11.9. The van der Waals surface area contributed by atoms with Crippen LogP contribution in [0.2, 0.25) is 0 Å². The lowest BCUT2D eigenvalue weighted by Crippen LogP contribution is -2.15. The summed E-state index contributed by atoms with van der Waals surface area (Å²) in [6.45, 7) is 1.39. The first-order chi connectivity index (χ1) is 9.83. The molecule has 0 spiro atoms. The fourth-order valence-corrected chi connectivity index (χ4v) is 3.23. The Kier molecular flexibility index (Phi) is 3.81. The lowest BCUT2D eigenvalue weighted by atomic mass is 10.2. The molecule has 0 amide bonds. The van der Waals surface area contributed by atoms with Crippen LogP contribution in [0.3, 0.4) is 0 Å². The number of sulfonamides is 1. The number of nitrogens with zero attached hydrogens (tertiary/aromatic N) is 1. The Morgan fingerprint density at radius 3 is 2.43 bits per heavy atom. The minimum atomic E-state index is -3.96. The van der Waals surface area contributed by atoms with Crippen molar-refractivity contribution in [3.63, 3.8) is 0 Å². The van der Waals surface area contributed by atoms with Gasteiger partial charge in [0.15, 0.2) is 0 Å². The number of anilines is 2. The van der Waals surface area contributed by atoms with Crippen molar-refractivity contribution in [2.45, 2.75) is 11.8 Å². The topological polar surface area (TPSA) is 115 Å². The highest BCUT2D eigenvalue weighted by molar-refractivity contribution is 7.92. The fourth-order valence-electron chi connectivity index (χ4n) is 1.88.